The fourth-order valence-corrected chi connectivity index (χ4v) is 2.59. The standard InChI is InChI=1S/C20H17ClFN3O3/c21-17-10-14(6-7-18(17)22)23-12-19(26)25-15-4-1-3-13(9-15)20(27)24-11-16-5-2-8-28-16/h1-10,23H,11-12H2,(H,24,27)(H,25,26). The van der Waals surface area contributed by atoms with Crippen molar-refractivity contribution in [2.45, 2.75) is 6.54 Å². The molecule has 28 heavy (non-hydrogen) atoms. The van der Waals surface area contributed by atoms with Crippen LogP contribution < -0.4 is 16.0 Å². The molecule has 0 atom stereocenters. The number of anilines is 2. The van der Waals surface area contributed by atoms with Crippen molar-refractivity contribution in [2.24, 2.45) is 0 Å². The molecule has 1 aromatic heterocycles. The summed E-state index contributed by atoms with van der Waals surface area (Å²) in [6, 6.07) is 14.2. The number of amides is 2. The van der Waals surface area contributed by atoms with Crippen molar-refractivity contribution in [1.82, 2.24) is 5.32 Å². The third-order valence-corrected chi connectivity index (χ3v) is 4.07. The van der Waals surface area contributed by atoms with Gasteiger partial charge in [0.2, 0.25) is 5.91 Å². The van der Waals surface area contributed by atoms with Crippen molar-refractivity contribution in [3.8, 4) is 0 Å². The number of rotatable bonds is 7. The van der Waals surface area contributed by atoms with Gasteiger partial charge in [-0.3, -0.25) is 9.59 Å². The second-order valence-corrected chi connectivity index (χ2v) is 6.28. The quantitative estimate of drug-likeness (QED) is 0.557. The minimum Gasteiger partial charge on any atom is -0.467 e. The molecule has 0 spiro atoms. The van der Waals surface area contributed by atoms with Gasteiger partial charge >= 0.3 is 0 Å². The first-order chi connectivity index (χ1) is 13.5. The average molecular weight is 402 g/mol. The summed E-state index contributed by atoms with van der Waals surface area (Å²) in [5.74, 6) is -0.497. The number of nitrogens with one attached hydrogen (secondary N) is 3. The molecule has 1 heterocycles. The van der Waals surface area contributed by atoms with E-state index in [9.17, 15) is 14.0 Å². The van der Waals surface area contributed by atoms with E-state index in [0.717, 1.165) is 0 Å². The Bertz CT molecular complexity index is 977. The Balaban J connectivity index is 1.53. The van der Waals surface area contributed by atoms with E-state index >= 15 is 0 Å². The van der Waals surface area contributed by atoms with Crippen LogP contribution in [-0.4, -0.2) is 18.4 Å². The van der Waals surface area contributed by atoms with Crippen molar-refractivity contribution in [3.63, 3.8) is 0 Å². The molecule has 0 unspecified atom stereocenters. The van der Waals surface area contributed by atoms with Crippen molar-refractivity contribution < 1.29 is 18.4 Å². The molecule has 3 N–H and O–H groups in total. The van der Waals surface area contributed by atoms with Crippen molar-refractivity contribution in [3.05, 3.63) is 83.0 Å². The molecule has 0 fully saturated rings. The van der Waals surface area contributed by atoms with E-state index in [1.54, 1.807) is 36.4 Å². The van der Waals surface area contributed by atoms with E-state index < -0.39 is 5.82 Å². The van der Waals surface area contributed by atoms with Gasteiger partial charge in [-0.15, -0.1) is 0 Å². The highest BCUT2D eigenvalue weighted by atomic mass is 35.5. The lowest BCUT2D eigenvalue weighted by Crippen LogP contribution is -2.24. The van der Waals surface area contributed by atoms with Crippen molar-refractivity contribution in [1.29, 1.82) is 0 Å². The highest BCUT2D eigenvalue weighted by Crippen LogP contribution is 2.19. The molecule has 0 radical (unpaired) electrons. The van der Waals surface area contributed by atoms with E-state index in [1.807, 2.05) is 0 Å². The Hall–Kier alpha value is -3.32. The van der Waals surface area contributed by atoms with Crippen LogP contribution in [0, 0.1) is 5.82 Å². The first kappa shape index (κ1) is 19.4. The Labute approximate surface area is 165 Å². The normalized spacial score (nSPS) is 10.4. The summed E-state index contributed by atoms with van der Waals surface area (Å²) < 4.78 is 18.3. The lowest BCUT2D eigenvalue weighted by atomic mass is 10.2. The van der Waals surface area contributed by atoms with Gasteiger partial charge in [0.25, 0.3) is 5.91 Å². The Morgan fingerprint density at radius 3 is 2.64 bits per heavy atom. The second-order valence-electron chi connectivity index (χ2n) is 5.87. The first-order valence-corrected chi connectivity index (χ1v) is 8.78. The highest BCUT2D eigenvalue weighted by Gasteiger charge is 2.09. The molecule has 0 aliphatic rings. The number of hydrogen-bond donors (Lipinski definition) is 3. The smallest absolute Gasteiger partial charge is 0.251 e. The Kier molecular flexibility index (Phi) is 6.29. The van der Waals surface area contributed by atoms with Gasteiger partial charge in [0, 0.05) is 16.9 Å². The molecule has 0 aliphatic carbocycles. The number of carbonyl (C=O) groups excluding carboxylic acids is 2. The molecule has 144 valence electrons. The molecule has 0 saturated heterocycles. The molecule has 0 aliphatic heterocycles. The van der Waals surface area contributed by atoms with Crippen LogP contribution in [0.2, 0.25) is 5.02 Å². The topological polar surface area (TPSA) is 83.4 Å². The average Bonchev–Trinajstić information content (AvgIpc) is 3.21. The number of hydrogen-bond acceptors (Lipinski definition) is 4. The molecular weight excluding hydrogens is 385 g/mol. The zero-order valence-electron chi connectivity index (χ0n) is 14.7. The fraction of sp³-hybridized carbons (Fsp3) is 0.100. The van der Waals surface area contributed by atoms with Gasteiger partial charge in [-0.1, -0.05) is 17.7 Å². The predicted octanol–water partition coefficient (Wildman–Crippen LogP) is 4.05. The number of carbonyl (C=O) groups is 2. The van der Waals surface area contributed by atoms with Crippen LogP contribution in [0.5, 0.6) is 0 Å². The largest absolute Gasteiger partial charge is 0.467 e. The van der Waals surface area contributed by atoms with Crippen molar-refractivity contribution in [2.75, 3.05) is 17.2 Å². The van der Waals surface area contributed by atoms with Gasteiger partial charge < -0.3 is 20.4 Å². The third kappa shape index (κ3) is 5.34. The maximum Gasteiger partial charge on any atom is 0.251 e. The van der Waals surface area contributed by atoms with Crippen LogP contribution >= 0.6 is 11.6 Å². The van der Waals surface area contributed by atoms with Gasteiger partial charge in [0.1, 0.15) is 11.6 Å². The molecule has 0 saturated carbocycles. The van der Waals surface area contributed by atoms with Gasteiger partial charge in [-0.05, 0) is 48.5 Å². The summed E-state index contributed by atoms with van der Waals surface area (Å²) in [5, 5.41) is 8.26. The lowest BCUT2D eigenvalue weighted by Gasteiger charge is -2.10. The molecule has 0 bridgehead atoms. The molecule has 3 rings (SSSR count). The molecule has 2 aromatic carbocycles. The van der Waals surface area contributed by atoms with Crippen LogP contribution in [0.15, 0.2) is 65.3 Å². The van der Waals surface area contributed by atoms with Crippen LogP contribution in [0.25, 0.3) is 0 Å². The number of halogens is 2. The minimum absolute atomic E-state index is 0.0290. The van der Waals surface area contributed by atoms with Gasteiger partial charge in [-0.2, -0.15) is 0 Å². The minimum atomic E-state index is -0.529. The van der Waals surface area contributed by atoms with E-state index in [0.29, 0.717) is 22.7 Å². The molecule has 6 nitrogen and oxygen atoms in total. The zero-order valence-corrected chi connectivity index (χ0v) is 15.4. The van der Waals surface area contributed by atoms with E-state index in [-0.39, 0.29) is 29.9 Å². The van der Waals surface area contributed by atoms with E-state index in [1.165, 1.54) is 24.5 Å². The lowest BCUT2D eigenvalue weighted by molar-refractivity contribution is -0.114. The van der Waals surface area contributed by atoms with Crippen LogP contribution in [0.3, 0.4) is 0 Å². The van der Waals surface area contributed by atoms with Crippen LogP contribution in [0.4, 0.5) is 15.8 Å². The Morgan fingerprint density at radius 1 is 1.04 bits per heavy atom. The maximum absolute atomic E-state index is 13.1. The highest BCUT2D eigenvalue weighted by molar-refractivity contribution is 6.31. The van der Waals surface area contributed by atoms with Gasteiger partial charge in [0.05, 0.1) is 24.4 Å². The molecular formula is C20H17ClFN3O3. The third-order valence-electron chi connectivity index (χ3n) is 3.78. The number of benzene rings is 2. The van der Waals surface area contributed by atoms with Gasteiger partial charge in [0.15, 0.2) is 0 Å². The summed E-state index contributed by atoms with van der Waals surface area (Å²) in [7, 11) is 0. The summed E-state index contributed by atoms with van der Waals surface area (Å²) in [6.45, 7) is 0.226. The van der Waals surface area contributed by atoms with E-state index in [4.69, 9.17) is 16.0 Å². The summed E-state index contributed by atoms with van der Waals surface area (Å²) in [6.07, 6.45) is 1.53. The Morgan fingerprint density at radius 2 is 1.89 bits per heavy atom. The van der Waals surface area contributed by atoms with Gasteiger partial charge in [-0.25, -0.2) is 4.39 Å². The van der Waals surface area contributed by atoms with Crippen LogP contribution in [0.1, 0.15) is 16.1 Å². The maximum atomic E-state index is 13.1. The summed E-state index contributed by atoms with van der Waals surface area (Å²) >= 11 is 5.70. The zero-order chi connectivity index (χ0) is 19.9. The monoisotopic (exact) mass is 401 g/mol. The summed E-state index contributed by atoms with van der Waals surface area (Å²) in [5.41, 5.74) is 1.41. The SMILES string of the molecule is O=C(CNc1ccc(F)c(Cl)c1)Nc1cccc(C(=O)NCc2ccco2)c1. The van der Waals surface area contributed by atoms with Crippen molar-refractivity contribution >= 4 is 34.8 Å². The van der Waals surface area contributed by atoms with E-state index in [2.05, 4.69) is 16.0 Å². The first-order valence-electron chi connectivity index (χ1n) is 8.40. The molecule has 2 amide bonds. The second kappa shape index (κ2) is 9.05. The predicted molar refractivity (Wildman–Crippen MR) is 105 cm³/mol. The number of furan rings is 1. The summed E-state index contributed by atoms with van der Waals surface area (Å²) in [4.78, 5) is 24.3. The fourth-order valence-electron chi connectivity index (χ4n) is 2.41. The van der Waals surface area contributed by atoms with Crippen LogP contribution in [-0.2, 0) is 11.3 Å². The molecule has 3 aromatic rings. The molecule has 8 heteroatoms.